The van der Waals surface area contributed by atoms with Gasteiger partial charge in [0.25, 0.3) is 0 Å². The zero-order valence-electron chi connectivity index (χ0n) is 14.2. The molecule has 0 fully saturated rings. The van der Waals surface area contributed by atoms with Gasteiger partial charge in [0.2, 0.25) is 0 Å². The van der Waals surface area contributed by atoms with E-state index in [0.29, 0.717) is 5.56 Å². The Morgan fingerprint density at radius 2 is 1.60 bits per heavy atom. The normalized spacial score (nSPS) is 11.5. The molecule has 25 heavy (non-hydrogen) atoms. The highest BCUT2D eigenvalue weighted by Crippen LogP contribution is 2.37. The van der Waals surface area contributed by atoms with Crippen molar-refractivity contribution in [1.82, 2.24) is 0 Å². The first-order valence-electron chi connectivity index (χ1n) is 7.98. The van der Waals surface area contributed by atoms with Gasteiger partial charge in [0.1, 0.15) is 5.75 Å². The van der Waals surface area contributed by atoms with Crippen LogP contribution in [0.15, 0.2) is 65.8 Å². The number of aromatic hydroxyl groups is 1. The molecule has 4 nitrogen and oxygen atoms in total. The fourth-order valence-corrected chi connectivity index (χ4v) is 3.02. The van der Waals surface area contributed by atoms with Gasteiger partial charge < -0.3 is 16.0 Å². The molecule has 0 atom stereocenters. The summed E-state index contributed by atoms with van der Waals surface area (Å²) >= 11 is 0. The van der Waals surface area contributed by atoms with Gasteiger partial charge in [-0.05, 0) is 54.3 Å². The number of oxime groups is 1. The Hall–Kier alpha value is -3.27. The molecule has 3 rings (SSSR count). The van der Waals surface area contributed by atoms with E-state index in [1.165, 1.54) is 0 Å². The van der Waals surface area contributed by atoms with Gasteiger partial charge in [0.05, 0.1) is 0 Å². The fourth-order valence-electron chi connectivity index (χ4n) is 3.02. The number of phenolic OH excluding ortho intramolecular Hbond substituents is 1. The highest BCUT2D eigenvalue weighted by molar-refractivity contribution is 6.07. The van der Waals surface area contributed by atoms with Crippen molar-refractivity contribution >= 4 is 5.84 Å². The van der Waals surface area contributed by atoms with Crippen molar-refractivity contribution in [2.45, 2.75) is 13.8 Å². The summed E-state index contributed by atoms with van der Waals surface area (Å²) in [5, 5.41) is 22.0. The third-order valence-corrected chi connectivity index (χ3v) is 4.15. The summed E-state index contributed by atoms with van der Waals surface area (Å²) in [5.41, 5.74) is 12.6. The number of benzene rings is 3. The molecule has 0 spiro atoms. The molecule has 0 amide bonds. The van der Waals surface area contributed by atoms with Crippen LogP contribution in [0.4, 0.5) is 0 Å². The second kappa shape index (κ2) is 6.69. The molecule has 0 aromatic heterocycles. The van der Waals surface area contributed by atoms with Gasteiger partial charge >= 0.3 is 0 Å². The number of aryl methyl sites for hydroxylation is 2. The predicted octanol–water partition coefficient (Wildman–Crippen LogP) is 4.44. The van der Waals surface area contributed by atoms with E-state index in [0.717, 1.165) is 33.4 Å². The topological polar surface area (TPSA) is 78.8 Å². The van der Waals surface area contributed by atoms with Crippen molar-refractivity contribution in [2.75, 3.05) is 0 Å². The summed E-state index contributed by atoms with van der Waals surface area (Å²) in [7, 11) is 0. The van der Waals surface area contributed by atoms with Gasteiger partial charge in [-0.3, -0.25) is 0 Å². The van der Waals surface area contributed by atoms with Gasteiger partial charge in [-0.15, -0.1) is 0 Å². The summed E-state index contributed by atoms with van der Waals surface area (Å²) in [6, 6.07) is 19.1. The molecule has 0 unspecified atom stereocenters. The molecular formula is C21H20N2O2. The van der Waals surface area contributed by atoms with Crippen molar-refractivity contribution in [1.29, 1.82) is 0 Å². The molecule has 0 saturated heterocycles. The largest absolute Gasteiger partial charge is 0.508 e. The highest BCUT2D eigenvalue weighted by atomic mass is 16.4. The van der Waals surface area contributed by atoms with E-state index in [-0.39, 0.29) is 11.6 Å². The minimum absolute atomic E-state index is 0.0697. The first-order chi connectivity index (χ1) is 12.0. The number of phenols is 1. The Morgan fingerprint density at radius 1 is 0.880 bits per heavy atom. The summed E-state index contributed by atoms with van der Waals surface area (Å²) in [5.74, 6) is 0.283. The van der Waals surface area contributed by atoms with Crippen LogP contribution in [-0.2, 0) is 0 Å². The van der Waals surface area contributed by atoms with E-state index in [1.54, 1.807) is 12.1 Å². The summed E-state index contributed by atoms with van der Waals surface area (Å²) < 4.78 is 0. The summed E-state index contributed by atoms with van der Waals surface area (Å²) in [6.07, 6.45) is 0. The number of hydrogen-bond donors (Lipinski definition) is 3. The van der Waals surface area contributed by atoms with Crippen molar-refractivity contribution in [2.24, 2.45) is 10.9 Å². The number of amidine groups is 1. The van der Waals surface area contributed by atoms with Gasteiger partial charge in [-0.2, -0.15) is 0 Å². The third-order valence-electron chi connectivity index (χ3n) is 4.15. The molecule has 4 heteroatoms. The Bertz CT molecular complexity index is 945. The Labute approximate surface area is 146 Å². The first kappa shape index (κ1) is 16.6. The lowest BCUT2D eigenvalue weighted by molar-refractivity contribution is 0.318. The van der Waals surface area contributed by atoms with Gasteiger partial charge in [-0.1, -0.05) is 53.2 Å². The maximum atomic E-state index is 9.59. The lowest BCUT2D eigenvalue weighted by atomic mass is 9.88. The first-order valence-corrected chi connectivity index (χ1v) is 7.98. The summed E-state index contributed by atoms with van der Waals surface area (Å²) in [6.45, 7) is 4.00. The quantitative estimate of drug-likeness (QED) is 0.287. The van der Waals surface area contributed by atoms with E-state index >= 15 is 0 Å². The number of hydrogen-bond acceptors (Lipinski definition) is 3. The molecule has 0 radical (unpaired) electrons. The van der Waals surface area contributed by atoms with Crippen molar-refractivity contribution in [3.8, 4) is 28.0 Å². The predicted molar refractivity (Wildman–Crippen MR) is 101 cm³/mol. The maximum Gasteiger partial charge on any atom is 0.170 e. The standard InChI is InChI=1S/C21H20N2O2/c1-13-4-3-5-16(10-13)20-18(15-6-8-17(24)9-7-15)11-14(2)12-19(20)21(22)23-25/h3-12,24-25H,1-2H3,(H2,22,23). The Morgan fingerprint density at radius 3 is 2.24 bits per heavy atom. The van der Waals surface area contributed by atoms with Crippen LogP contribution in [0, 0.1) is 13.8 Å². The molecule has 0 aliphatic heterocycles. The molecule has 3 aromatic rings. The van der Waals surface area contributed by atoms with E-state index < -0.39 is 0 Å². The van der Waals surface area contributed by atoms with Gasteiger partial charge in [-0.25, -0.2) is 0 Å². The maximum absolute atomic E-state index is 9.59. The third kappa shape index (κ3) is 3.33. The smallest absolute Gasteiger partial charge is 0.170 e. The van der Waals surface area contributed by atoms with Crippen molar-refractivity contribution in [3.05, 3.63) is 77.4 Å². The van der Waals surface area contributed by atoms with Crippen LogP contribution in [0.5, 0.6) is 5.75 Å². The molecule has 0 heterocycles. The Kier molecular flexibility index (Phi) is 4.44. The monoisotopic (exact) mass is 332 g/mol. The van der Waals surface area contributed by atoms with Crippen LogP contribution >= 0.6 is 0 Å². The fraction of sp³-hybridized carbons (Fsp3) is 0.0952. The van der Waals surface area contributed by atoms with Crippen LogP contribution in [0.3, 0.4) is 0 Å². The molecule has 0 bridgehead atoms. The molecular weight excluding hydrogens is 312 g/mol. The van der Waals surface area contributed by atoms with Crippen LogP contribution in [-0.4, -0.2) is 16.1 Å². The van der Waals surface area contributed by atoms with Gasteiger partial charge in [0.15, 0.2) is 5.84 Å². The van der Waals surface area contributed by atoms with E-state index in [9.17, 15) is 10.3 Å². The van der Waals surface area contributed by atoms with Gasteiger partial charge in [0, 0.05) is 11.1 Å². The average molecular weight is 332 g/mol. The highest BCUT2D eigenvalue weighted by Gasteiger charge is 2.16. The molecule has 126 valence electrons. The second-order valence-corrected chi connectivity index (χ2v) is 6.14. The molecule has 3 aromatic carbocycles. The van der Waals surface area contributed by atoms with E-state index in [2.05, 4.69) is 17.3 Å². The minimum Gasteiger partial charge on any atom is -0.508 e. The molecule has 0 aliphatic rings. The molecule has 4 N–H and O–H groups in total. The number of rotatable bonds is 3. The molecule has 0 saturated carbocycles. The lowest BCUT2D eigenvalue weighted by Crippen LogP contribution is -2.15. The van der Waals surface area contributed by atoms with Crippen LogP contribution in [0.1, 0.15) is 16.7 Å². The number of nitrogens with two attached hydrogens (primary N) is 1. The zero-order chi connectivity index (χ0) is 18.0. The zero-order valence-corrected chi connectivity index (χ0v) is 14.2. The van der Waals surface area contributed by atoms with Crippen LogP contribution < -0.4 is 5.73 Å². The van der Waals surface area contributed by atoms with Crippen LogP contribution in [0.2, 0.25) is 0 Å². The van der Waals surface area contributed by atoms with Crippen molar-refractivity contribution in [3.63, 3.8) is 0 Å². The SMILES string of the molecule is Cc1cccc(-c2c(C(N)=NO)cc(C)cc2-c2ccc(O)cc2)c1. The Balaban J connectivity index is 2.37. The van der Waals surface area contributed by atoms with E-state index in [1.807, 2.05) is 50.2 Å². The van der Waals surface area contributed by atoms with Crippen molar-refractivity contribution < 1.29 is 10.3 Å². The minimum atomic E-state index is 0.0697. The van der Waals surface area contributed by atoms with E-state index in [4.69, 9.17) is 5.73 Å². The van der Waals surface area contributed by atoms with Crippen LogP contribution in [0.25, 0.3) is 22.3 Å². The molecule has 0 aliphatic carbocycles. The second-order valence-electron chi connectivity index (χ2n) is 6.14. The summed E-state index contributed by atoms with van der Waals surface area (Å²) in [4.78, 5) is 0. The average Bonchev–Trinajstić information content (AvgIpc) is 2.61. The lowest BCUT2D eigenvalue weighted by Gasteiger charge is -2.17. The number of nitrogens with zero attached hydrogens (tertiary/aromatic N) is 1.